The van der Waals surface area contributed by atoms with Crippen molar-refractivity contribution in [2.24, 2.45) is 0 Å². The van der Waals surface area contributed by atoms with E-state index in [1.807, 2.05) is 0 Å². The van der Waals surface area contributed by atoms with Crippen LogP contribution in [0.5, 0.6) is 0 Å². The summed E-state index contributed by atoms with van der Waals surface area (Å²) >= 11 is 12.5. The minimum absolute atomic E-state index is 0.125. The number of carbonyl (C=O) groups excluding carboxylic acids is 1. The molecule has 1 amide bonds. The molecule has 108 valence electrons. The lowest BCUT2D eigenvalue weighted by atomic mass is 10.2. The monoisotopic (exact) mass is 431 g/mol. The Bertz CT molecular complexity index is 734. The summed E-state index contributed by atoms with van der Waals surface area (Å²) in [7, 11) is 0. The van der Waals surface area contributed by atoms with Gasteiger partial charge in [-0.15, -0.1) is 0 Å². The van der Waals surface area contributed by atoms with Crippen LogP contribution in [-0.2, 0) is 0 Å². The van der Waals surface area contributed by atoms with Crippen LogP contribution in [0.2, 0.25) is 5.02 Å². The van der Waals surface area contributed by atoms with Crippen LogP contribution in [0, 0.1) is 0 Å². The molecule has 0 unspecified atom stereocenters. The Hall–Kier alpha value is -1.37. The van der Waals surface area contributed by atoms with Crippen LogP contribution in [0.4, 0.5) is 5.69 Å². The Labute approximate surface area is 142 Å². The van der Waals surface area contributed by atoms with Gasteiger partial charge >= 0.3 is 5.97 Å². The minimum atomic E-state index is -1.04. The number of carbonyl (C=O) groups is 2. The van der Waals surface area contributed by atoms with Gasteiger partial charge < -0.3 is 10.4 Å². The highest BCUT2D eigenvalue weighted by Crippen LogP contribution is 2.28. The number of carboxylic acid groups (broad SMARTS) is 1. The molecule has 0 aliphatic rings. The van der Waals surface area contributed by atoms with Gasteiger partial charge in [-0.05, 0) is 62.2 Å². The average molecular weight is 433 g/mol. The number of amides is 1. The summed E-state index contributed by atoms with van der Waals surface area (Å²) in [6.07, 6.45) is 0. The molecular formula is C14H8Br2ClNO3. The topological polar surface area (TPSA) is 66.4 Å². The molecule has 2 aromatic rings. The van der Waals surface area contributed by atoms with E-state index in [0.29, 0.717) is 25.2 Å². The van der Waals surface area contributed by atoms with Crippen molar-refractivity contribution < 1.29 is 14.7 Å². The van der Waals surface area contributed by atoms with Crippen molar-refractivity contribution in [3.63, 3.8) is 0 Å². The van der Waals surface area contributed by atoms with E-state index in [9.17, 15) is 9.59 Å². The number of carboxylic acids is 1. The maximum Gasteiger partial charge on any atom is 0.335 e. The van der Waals surface area contributed by atoms with Gasteiger partial charge in [0.1, 0.15) is 0 Å². The molecule has 2 rings (SSSR count). The van der Waals surface area contributed by atoms with Crippen molar-refractivity contribution in [3.8, 4) is 0 Å². The van der Waals surface area contributed by atoms with E-state index in [2.05, 4.69) is 37.2 Å². The van der Waals surface area contributed by atoms with Gasteiger partial charge in [0.05, 0.1) is 21.8 Å². The summed E-state index contributed by atoms with van der Waals surface area (Å²) in [5.74, 6) is -1.42. The maximum atomic E-state index is 12.2. The summed E-state index contributed by atoms with van der Waals surface area (Å²) in [5, 5.41) is 11.9. The van der Waals surface area contributed by atoms with E-state index in [0.717, 1.165) is 0 Å². The molecule has 0 bridgehead atoms. The highest BCUT2D eigenvalue weighted by molar-refractivity contribution is 9.11. The molecule has 2 aromatic carbocycles. The first-order valence-corrected chi connectivity index (χ1v) is 7.64. The minimum Gasteiger partial charge on any atom is -0.478 e. The molecule has 0 radical (unpaired) electrons. The van der Waals surface area contributed by atoms with Crippen LogP contribution in [0.1, 0.15) is 20.7 Å². The third-order valence-corrected chi connectivity index (χ3v) is 4.61. The zero-order valence-electron chi connectivity index (χ0n) is 10.4. The summed E-state index contributed by atoms with van der Waals surface area (Å²) < 4.78 is 1.10. The summed E-state index contributed by atoms with van der Waals surface area (Å²) in [5.41, 5.74) is 0.904. The highest BCUT2D eigenvalue weighted by atomic mass is 79.9. The summed E-state index contributed by atoms with van der Waals surface area (Å²) in [4.78, 5) is 23.1. The number of benzene rings is 2. The maximum absolute atomic E-state index is 12.2. The van der Waals surface area contributed by atoms with Crippen LogP contribution in [0.15, 0.2) is 45.3 Å². The molecule has 2 N–H and O–H groups in total. The van der Waals surface area contributed by atoms with Crippen LogP contribution < -0.4 is 5.32 Å². The second kappa shape index (κ2) is 6.60. The molecule has 0 aliphatic carbocycles. The lowest BCUT2D eigenvalue weighted by molar-refractivity contribution is 0.0696. The first kappa shape index (κ1) is 16.0. The van der Waals surface area contributed by atoms with Crippen molar-refractivity contribution in [1.29, 1.82) is 0 Å². The number of aromatic carboxylic acids is 1. The molecule has 0 fully saturated rings. The number of halogens is 3. The number of hydrogen-bond acceptors (Lipinski definition) is 2. The van der Waals surface area contributed by atoms with Crippen molar-refractivity contribution >= 4 is 61.0 Å². The zero-order valence-corrected chi connectivity index (χ0v) is 14.3. The van der Waals surface area contributed by atoms with Crippen molar-refractivity contribution in [3.05, 3.63) is 61.5 Å². The van der Waals surface area contributed by atoms with Crippen LogP contribution >= 0.6 is 43.5 Å². The molecule has 0 spiro atoms. The molecule has 0 saturated carbocycles. The molecular weight excluding hydrogens is 425 g/mol. The van der Waals surface area contributed by atoms with Crippen molar-refractivity contribution in [2.75, 3.05) is 5.32 Å². The lowest BCUT2D eigenvalue weighted by Crippen LogP contribution is -2.13. The number of hydrogen-bond donors (Lipinski definition) is 2. The molecule has 0 saturated heterocycles. The molecule has 0 aliphatic heterocycles. The fraction of sp³-hybridized carbons (Fsp3) is 0. The Morgan fingerprint density at radius 2 is 1.81 bits per heavy atom. The van der Waals surface area contributed by atoms with Crippen molar-refractivity contribution in [1.82, 2.24) is 0 Å². The van der Waals surface area contributed by atoms with Gasteiger partial charge in [0.2, 0.25) is 0 Å². The van der Waals surface area contributed by atoms with Gasteiger partial charge in [0, 0.05) is 8.95 Å². The van der Waals surface area contributed by atoms with Gasteiger partial charge in [-0.3, -0.25) is 4.79 Å². The van der Waals surface area contributed by atoms with E-state index in [4.69, 9.17) is 16.7 Å². The lowest BCUT2D eigenvalue weighted by Gasteiger charge is -2.10. The Morgan fingerprint density at radius 1 is 1.10 bits per heavy atom. The Balaban J connectivity index is 2.28. The first-order chi connectivity index (χ1) is 9.90. The van der Waals surface area contributed by atoms with Crippen LogP contribution in [0.3, 0.4) is 0 Å². The number of nitrogens with one attached hydrogen (secondary N) is 1. The molecule has 0 aromatic heterocycles. The molecule has 4 nitrogen and oxygen atoms in total. The predicted octanol–water partition coefficient (Wildman–Crippen LogP) is 4.82. The largest absolute Gasteiger partial charge is 0.478 e. The third kappa shape index (κ3) is 3.64. The Morgan fingerprint density at radius 3 is 2.43 bits per heavy atom. The average Bonchev–Trinajstić information content (AvgIpc) is 2.43. The smallest absolute Gasteiger partial charge is 0.335 e. The molecule has 0 heterocycles. The number of rotatable bonds is 3. The van der Waals surface area contributed by atoms with Gasteiger partial charge in [0.25, 0.3) is 5.91 Å². The second-order valence-corrected chi connectivity index (χ2v) is 6.14. The third-order valence-electron chi connectivity index (χ3n) is 2.66. The predicted molar refractivity (Wildman–Crippen MR) is 88.2 cm³/mol. The van der Waals surface area contributed by atoms with E-state index in [-0.39, 0.29) is 11.5 Å². The highest BCUT2D eigenvalue weighted by Gasteiger charge is 2.14. The fourth-order valence-electron chi connectivity index (χ4n) is 1.62. The van der Waals surface area contributed by atoms with Crippen molar-refractivity contribution in [2.45, 2.75) is 0 Å². The normalized spacial score (nSPS) is 10.2. The molecule has 21 heavy (non-hydrogen) atoms. The van der Waals surface area contributed by atoms with Gasteiger partial charge in [-0.1, -0.05) is 17.7 Å². The van der Waals surface area contributed by atoms with Gasteiger partial charge in [-0.25, -0.2) is 4.79 Å². The quantitative estimate of drug-likeness (QED) is 0.730. The van der Waals surface area contributed by atoms with Gasteiger partial charge in [-0.2, -0.15) is 0 Å². The SMILES string of the molecule is O=C(O)c1ccc(NC(=O)c2cccc(Br)c2Cl)c(Br)c1. The zero-order chi connectivity index (χ0) is 15.6. The van der Waals surface area contributed by atoms with E-state index in [1.54, 1.807) is 18.2 Å². The molecule has 7 heteroatoms. The van der Waals surface area contributed by atoms with E-state index >= 15 is 0 Å². The second-order valence-electron chi connectivity index (χ2n) is 4.06. The Kier molecular flexibility index (Phi) is 5.03. The van der Waals surface area contributed by atoms with Crippen LogP contribution in [0.25, 0.3) is 0 Å². The summed E-state index contributed by atoms with van der Waals surface area (Å²) in [6, 6.07) is 9.37. The van der Waals surface area contributed by atoms with Gasteiger partial charge in [0.15, 0.2) is 0 Å². The standard InChI is InChI=1S/C14H8Br2ClNO3/c15-9-3-1-2-8(12(9)17)13(19)18-11-5-4-7(14(20)21)6-10(11)16/h1-6H,(H,18,19)(H,20,21). The van der Waals surface area contributed by atoms with Crippen LogP contribution in [-0.4, -0.2) is 17.0 Å². The fourth-order valence-corrected chi connectivity index (χ4v) is 2.67. The summed E-state index contributed by atoms with van der Waals surface area (Å²) in [6.45, 7) is 0. The van der Waals surface area contributed by atoms with E-state index < -0.39 is 5.97 Å². The molecule has 0 atom stereocenters. The first-order valence-electron chi connectivity index (χ1n) is 5.68. The van der Waals surface area contributed by atoms with E-state index in [1.165, 1.54) is 18.2 Å². The number of anilines is 1.